The Kier molecular flexibility index (Phi) is 12.4. The lowest BCUT2D eigenvalue weighted by atomic mass is 9.84. The molecule has 17 atom stereocenters. The van der Waals surface area contributed by atoms with E-state index >= 15 is 0 Å². The van der Waals surface area contributed by atoms with Crippen LogP contribution in [0.2, 0.25) is 0 Å². The first-order valence-electron chi connectivity index (χ1n) is 13.2. The second kappa shape index (κ2) is 14.6. The maximum Gasteiger partial charge on any atom is 0.394 e. The molecule has 4 aliphatic rings. The van der Waals surface area contributed by atoms with Crippen LogP contribution in [0.3, 0.4) is 0 Å². The molecule has 0 radical (unpaired) electrons. The Labute approximate surface area is 241 Å². The van der Waals surface area contributed by atoms with E-state index in [2.05, 4.69) is 5.32 Å². The summed E-state index contributed by atoms with van der Waals surface area (Å²) in [5.74, 6) is 0. The lowest BCUT2D eigenvalue weighted by Gasteiger charge is -2.51. The molecule has 3 saturated heterocycles. The van der Waals surface area contributed by atoms with Crippen molar-refractivity contribution < 1.29 is 71.8 Å². The van der Waals surface area contributed by atoms with Crippen molar-refractivity contribution in [3.8, 4) is 0 Å². The Morgan fingerprint density at radius 1 is 0.762 bits per heavy atom. The average molecular weight is 638 g/mol. The molecule has 248 valence electrons. The zero-order valence-electron chi connectivity index (χ0n) is 22.6. The van der Waals surface area contributed by atoms with E-state index in [9.17, 15) is 30.6 Å². The van der Waals surface area contributed by atoms with Gasteiger partial charge in [0.15, 0.2) is 18.9 Å². The van der Waals surface area contributed by atoms with Gasteiger partial charge in [-0.3, -0.25) is 9.11 Å². The first-order valence-corrected chi connectivity index (χ1v) is 14.6. The van der Waals surface area contributed by atoms with Gasteiger partial charge < -0.3 is 82.6 Å². The molecule has 20 nitrogen and oxygen atoms in total. The van der Waals surface area contributed by atoms with E-state index in [1.165, 1.54) is 0 Å². The van der Waals surface area contributed by atoms with Gasteiger partial charge in [0.25, 0.3) is 0 Å². The monoisotopic (exact) mass is 637 g/mol. The van der Waals surface area contributed by atoms with E-state index in [1.54, 1.807) is 7.05 Å². The Morgan fingerprint density at radius 3 is 1.95 bits per heavy atom. The number of aliphatic hydroxyl groups is 6. The Bertz CT molecular complexity index is 960. The van der Waals surface area contributed by atoms with E-state index in [0.29, 0.717) is 0 Å². The van der Waals surface area contributed by atoms with Gasteiger partial charge in [-0.2, -0.15) is 8.42 Å². The molecule has 3 aliphatic heterocycles. The molecule has 0 spiro atoms. The van der Waals surface area contributed by atoms with E-state index in [1.807, 2.05) is 0 Å². The van der Waals surface area contributed by atoms with Crippen LogP contribution in [0.25, 0.3) is 0 Å². The largest absolute Gasteiger partial charge is 0.394 e. The fraction of sp³-hybridized carbons (Fsp3) is 1.00. The number of fused-ring (bicyclic) bond motifs is 1. The van der Waals surface area contributed by atoms with E-state index in [-0.39, 0.29) is 12.8 Å². The third-order valence-corrected chi connectivity index (χ3v) is 7.74. The van der Waals surface area contributed by atoms with E-state index in [4.69, 9.17) is 64.1 Å². The highest BCUT2D eigenvalue weighted by molar-refractivity contribution is 7.79. The summed E-state index contributed by atoms with van der Waals surface area (Å²) < 4.78 is 60.8. The van der Waals surface area contributed by atoms with Crippen LogP contribution in [0.1, 0.15) is 12.8 Å². The minimum atomic E-state index is -4.67. The van der Waals surface area contributed by atoms with Gasteiger partial charge in [0.2, 0.25) is 0 Å². The number of likely N-dealkylation sites (N-methyl/N-ethyl adjacent to an activating group) is 1. The Morgan fingerprint density at radius 2 is 1.38 bits per heavy atom. The van der Waals surface area contributed by atoms with Gasteiger partial charge in [-0.1, -0.05) is 0 Å². The summed E-state index contributed by atoms with van der Waals surface area (Å²) in [7, 11) is -3.11. The van der Waals surface area contributed by atoms with Crippen LogP contribution >= 0.6 is 0 Å². The number of hydrogen-bond acceptors (Lipinski definition) is 18. The van der Waals surface area contributed by atoms with Crippen LogP contribution < -0.4 is 28.3 Å². The first-order chi connectivity index (χ1) is 19.5. The van der Waals surface area contributed by atoms with Crippen LogP contribution in [0, 0.1) is 0 Å². The molecule has 17 N–H and O–H groups in total. The van der Waals surface area contributed by atoms with Crippen molar-refractivity contribution in [2.24, 2.45) is 22.9 Å². The summed E-state index contributed by atoms with van der Waals surface area (Å²) in [4.78, 5) is 0. The second-order valence-electron chi connectivity index (χ2n) is 10.7. The third-order valence-electron chi connectivity index (χ3n) is 7.74. The smallest absolute Gasteiger partial charge is 0.394 e. The molecule has 1 saturated carbocycles. The number of nitrogens with one attached hydrogen (secondary N) is 1. The first kappa shape index (κ1) is 35.7. The van der Waals surface area contributed by atoms with Crippen LogP contribution in [0.4, 0.5) is 0 Å². The lowest BCUT2D eigenvalue weighted by Crippen LogP contribution is -2.70. The van der Waals surface area contributed by atoms with Crippen molar-refractivity contribution in [3.05, 3.63) is 0 Å². The van der Waals surface area contributed by atoms with Gasteiger partial charge >= 0.3 is 10.4 Å². The molecule has 3 heterocycles. The van der Waals surface area contributed by atoms with Gasteiger partial charge in [-0.15, -0.1) is 0 Å². The van der Waals surface area contributed by atoms with Crippen LogP contribution in [0.15, 0.2) is 0 Å². The summed E-state index contributed by atoms with van der Waals surface area (Å²) >= 11 is 0. The van der Waals surface area contributed by atoms with Gasteiger partial charge in [-0.25, -0.2) is 0 Å². The number of aliphatic hydroxyl groups excluding tert-OH is 6. The zero-order chi connectivity index (χ0) is 31.7. The predicted octanol–water partition coefficient (Wildman–Crippen LogP) is -7.60. The van der Waals surface area contributed by atoms with Crippen LogP contribution in [-0.4, -0.2) is 166 Å². The summed E-state index contributed by atoms with van der Waals surface area (Å²) in [6.45, 7) is -0.508. The molecule has 4 fully saturated rings. The van der Waals surface area contributed by atoms with Gasteiger partial charge in [-0.05, 0) is 19.9 Å². The molecule has 4 rings (SSSR count). The predicted molar refractivity (Wildman–Crippen MR) is 137 cm³/mol. The summed E-state index contributed by atoms with van der Waals surface area (Å²) in [5.41, 5.74) is 24.0. The number of rotatable bonds is 6. The van der Waals surface area contributed by atoms with Gasteiger partial charge in [0, 0.05) is 12.1 Å². The molecule has 1 aliphatic carbocycles. The highest BCUT2D eigenvalue weighted by atomic mass is 32.3. The average Bonchev–Trinajstić information content (AvgIpc) is 2.90. The van der Waals surface area contributed by atoms with Crippen molar-refractivity contribution in [2.45, 2.75) is 117 Å². The molecule has 21 heteroatoms. The van der Waals surface area contributed by atoms with Gasteiger partial charge in [0.1, 0.15) is 42.7 Å². The maximum absolute atomic E-state index is 11.1. The minimum absolute atomic E-state index is 0.156. The Hall–Kier alpha value is -0.770. The molecular weight excluding hydrogens is 594 g/mol. The van der Waals surface area contributed by atoms with Crippen molar-refractivity contribution in [3.63, 3.8) is 0 Å². The maximum atomic E-state index is 11.1. The minimum Gasteiger partial charge on any atom is -0.394 e. The molecule has 17 unspecified atom stereocenters. The van der Waals surface area contributed by atoms with Crippen LogP contribution in [0.5, 0.6) is 0 Å². The lowest BCUT2D eigenvalue weighted by molar-refractivity contribution is -0.373. The summed E-state index contributed by atoms with van der Waals surface area (Å²) in [5, 5.41) is 64.7. The fourth-order valence-electron chi connectivity index (χ4n) is 5.46. The molecular formula is C21H43N5O15S. The molecule has 0 amide bonds. The summed E-state index contributed by atoms with van der Waals surface area (Å²) in [6.07, 6.45) is -13.7. The SMILES string of the molecule is CNC1C(OC2OC(CO)C(N)C(O)C2O)OC2CC(N)C(OC3C(N)CC(N)C(O)C3O)OC2C1O.O=S(=O)(O)O. The number of nitrogens with two attached hydrogens (primary N) is 4. The highest BCUT2D eigenvalue weighted by Gasteiger charge is 2.54. The quantitative estimate of drug-likeness (QED) is 0.120. The fourth-order valence-corrected chi connectivity index (χ4v) is 5.46. The highest BCUT2D eigenvalue weighted by Crippen LogP contribution is 2.35. The van der Waals surface area contributed by atoms with E-state index < -0.39 is 121 Å². The second-order valence-corrected chi connectivity index (χ2v) is 11.6. The topological polar surface area (TPSA) is 358 Å². The van der Waals surface area contributed by atoms with Crippen molar-refractivity contribution in [2.75, 3.05) is 13.7 Å². The molecule has 0 aromatic heterocycles. The molecule has 42 heavy (non-hydrogen) atoms. The van der Waals surface area contributed by atoms with Gasteiger partial charge in [0.05, 0.1) is 36.9 Å². The number of ether oxygens (including phenoxy) is 5. The standard InChI is InChI=1S/C21H41N5O11.H2O4S/c1-26-11-14(30)18-8(33-20(11)37-21-16(32)13(29)10(25)9(4-27)34-21)3-7(24)19(36-18)35-17-6(23)2-5(22)12(28)15(17)31;1-5(2,3)4/h5-21,26-32H,2-4,22-25H2,1H3;(H2,1,2,3,4). The molecule has 0 aromatic carbocycles. The number of hydrogen-bond donors (Lipinski definition) is 13. The third kappa shape index (κ3) is 8.28. The van der Waals surface area contributed by atoms with Crippen LogP contribution in [-0.2, 0) is 34.1 Å². The zero-order valence-corrected chi connectivity index (χ0v) is 23.4. The normalized spacial score (nSPS) is 49.9. The molecule has 0 bridgehead atoms. The Balaban J connectivity index is 0.000000892. The summed E-state index contributed by atoms with van der Waals surface area (Å²) in [6, 6.07) is -4.05. The van der Waals surface area contributed by atoms with Crippen molar-refractivity contribution in [1.29, 1.82) is 0 Å². The molecule has 0 aromatic rings. The van der Waals surface area contributed by atoms with Crippen molar-refractivity contribution >= 4 is 10.4 Å². The van der Waals surface area contributed by atoms with Crippen molar-refractivity contribution in [1.82, 2.24) is 5.32 Å². The van der Waals surface area contributed by atoms with E-state index in [0.717, 1.165) is 0 Å².